The van der Waals surface area contributed by atoms with Crippen LogP contribution in [0.5, 0.6) is 0 Å². The van der Waals surface area contributed by atoms with Crippen molar-refractivity contribution >= 4 is 46.4 Å². The SMILES string of the molecule is C/C(=N\NC(=O)c1ccc(C(=O)NCCc2cccnc2)s1)C1=CSC(c2ccc(C(F)(F)F)cc2)C1=O. The number of rotatable bonds is 8. The number of hydrogen-bond acceptors (Lipinski definition) is 7. The van der Waals surface area contributed by atoms with Crippen LogP contribution in [-0.2, 0) is 17.4 Å². The second-order valence-electron chi connectivity index (χ2n) is 8.20. The number of thiophene rings is 1. The van der Waals surface area contributed by atoms with E-state index in [0.29, 0.717) is 23.4 Å². The fourth-order valence-corrected chi connectivity index (χ4v) is 5.46. The highest BCUT2D eigenvalue weighted by Crippen LogP contribution is 2.40. The van der Waals surface area contributed by atoms with Crippen LogP contribution in [0, 0.1) is 0 Å². The molecule has 0 fully saturated rings. The molecule has 0 spiro atoms. The standard InChI is InChI=1S/C26H21F3N4O3S2/c1-15(19-14-37-23(22(19)34)17-4-6-18(7-5-17)26(27,28)29)32-33-25(36)21-9-8-20(38-21)24(35)31-12-10-16-3-2-11-30-13-16/h2-9,11,13-14,23H,10,12H2,1H3,(H,31,35)(H,33,36)/b32-15+. The number of carbonyl (C=O) groups is 3. The van der Waals surface area contributed by atoms with Crippen LogP contribution >= 0.6 is 23.1 Å². The summed E-state index contributed by atoms with van der Waals surface area (Å²) < 4.78 is 38.4. The molecule has 7 nitrogen and oxygen atoms in total. The molecule has 2 N–H and O–H groups in total. The van der Waals surface area contributed by atoms with E-state index in [1.165, 1.54) is 18.2 Å². The third-order valence-corrected chi connectivity index (χ3v) is 7.77. The van der Waals surface area contributed by atoms with E-state index in [0.717, 1.165) is 40.8 Å². The maximum atomic E-state index is 12.8. The molecule has 0 aliphatic carbocycles. The minimum atomic E-state index is -4.45. The summed E-state index contributed by atoms with van der Waals surface area (Å²) in [6.45, 7) is 1.97. The molecule has 3 aromatic rings. The van der Waals surface area contributed by atoms with Crippen LogP contribution in [0.3, 0.4) is 0 Å². The molecule has 4 rings (SSSR count). The quantitative estimate of drug-likeness (QED) is 0.293. The number of nitrogens with zero attached hydrogens (tertiary/aromatic N) is 2. The van der Waals surface area contributed by atoms with E-state index in [1.807, 2.05) is 12.1 Å². The van der Waals surface area contributed by atoms with Crippen LogP contribution in [0.25, 0.3) is 0 Å². The largest absolute Gasteiger partial charge is 0.416 e. The van der Waals surface area contributed by atoms with Gasteiger partial charge in [-0.2, -0.15) is 18.3 Å². The molecular formula is C26H21F3N4O3S2. The lowest BCUT2D eigenvalue weighted by Gasteiger charge is -2.11. The summed E-state index contributed by atoms with van der Waals surface area (Å²) >= 11 is 2.17. The van der Waals surface area contributed by atoms with Crippen LogP contribution < -0.4 is 10.7 Å². The van der Waals surface area contributed by atoms with Gasteiger partial charge in [-0.3, -0.25) is 19.4 Å². The minimum absolute atomic E-state index is 0.259. The molecule has 38 heavy (non-hydrogen) atoms. The molecule has 196 valence electrons. The Labute approximate surface area is 224 Å². The van der Waals surface area contributed by atoms with Crippen LogP contribution in [0.2, 0.25) is 0 Å². The lowest BCUT2D eigenvalue weighted by molar-refractivity contribution is -0.137. The average Bonchev–Trinajstić information content (AvgIpc) is 3.55. The monoisotopic (exact) mass is 558 g/mol. The number of halogens is 3. The van der Waals surface area contributed by atoms with Gasteiger partial charge in [-0.25, -0.2) is 5.43 Å². The van der Waals surface area contributed by atoms with Crippen molar-refractivity contribution in [2.75, 3.05) is 6.54 Å². The highest BCUT2D eigenvalue weighted by Gasteiger charge is 2.33. The van der Waals surface area contributed by atoms with E-state index in [-0.39, 0.29) is 27.9 Å². The second kappa shape index (κ2) is 11.7. The number of benzene rings is 1. The molecular weight excluding hydrogens is 537 g/mol. The van der Waals surface area contributed by atoms with Gasteiger partial charge in [-0.1, -0.05) is 18.2 Å². The zero-order valence-electron chi connectivity index (χ0n) is 19.9. The molecule has 1 unspecified atom stereocenters. The molecule has 1 atom stereocenters. The van der Waals surface area contributed by atoms with Gasteiger partial charge in [0.25, 0.3) is 11.8 Å². The van der Waals surface area contributed by atoms with Crippen molar-refractivity contribution in [1.29, 1.82) is 0 Å². The average molecular weight is 559 g/mol. The van der Waals surface area contributed by atoms with Gasteiger partial charge in [-0.05, 0) is 60.2 Å². The minimum Gasteiger partial charge on any atom is -0.351 e. The van der Waals surface area contributed by atoms with Crippen molar-refractivity contribution in [3.63, 3.8) is 0 Å². The predicted octanol–water partition coefficient (Wildman–Crippen LogP) is 5.18. The van der Waals surface area contributed by atoms with Crippen molar-refractivity contribution in [2.45, 2.75) is 24.8 Å². The van der Waals surface area contributed by atoms with Crippen molar-refractivity contribution in [3.8, 4) is 0 Å². The maximum absolute atomic E-state index is 12.8. The summed E-state index contributed by atoms with van der Waals surface area (Å²) in [5.74, 6) is -1.15. The maximum Gasteiger partial charge on any atom is 0.416 e. The number of thioether (sulfide) groups is 1. The number of hydrazone groups is 1. The lowest BCUT2D eigenvalue weighted by atomic mass is 10.0. The van der Waals surface area contributed by atoms with E-state index in [2.05, 4.69) is 20.8 Å². The van der Waals surface area contributed by atoms with E-state index in [4.69, 9.17) is 0 Å². The van der Waals surface area contributed by atoms with Crippen molar-refractivity contribution < 1.29 is 27.6 Å². The molecule has 2 aromatic heterocycles. The fraction of sp³-hybridized carbons (Fsp3) is 0.192. The molecule has 0 saturated heterocycles. The zero-order chi connectivity index (χ0) is 27.3. The van der Waals surface area contributed by atoms with Gasteiger partial charge in [-0.15, -0.1) is 23.1 Å². The van der Waals surface area contributed by atoms with Crippen molar-refractivity contribution in [1.82, 2.24) is 15.7 Å². The normalized spacial score (nSPS) is 15.8. The van der Waals surface area contributed by atoms with Crippen molar-refractivity contribution in [2.24, 2.45) is 5.10 Å². The van der Waals surface area contributed by atoms with Crippen LogP contribution in [0.15, 0.2) is 77.0 Å². The highest BCUT2D eigenvalue weighted by atomic mass is 32.2. The summed E-state index contributed by atoms with van der Waals surface area (Å²) in [7, 11) is 0. The summed E-state index contributed by atoms with van der Waals surface area (Å²) in [5.41, 5.74) is 3.56. The number of carbonyl (C=O) groups excluding carboxylic acids is 3. The number of amides is 2. The van der Waals surface area contributed by atoms with E-state index < -0.39 is 22.9 Å². The third-order valence-electron chi connectivity index (χ3n) is 5.56. The van der Waals surface area contributed by atoms with E-state index in [1.54, 1.807) is 30.8 Å². The Hall–Kier alpha value is -3.77. The summed E-state index contributed by atoms with van der Waals surface area (Å²) in [6, 6.07) is 11.2. The summed E-state index contributed by atoms with van der Waals surface area (Å²) in [4.78, 5) is 42.4. The first-order valence-electron chi connectivity index (χ1n) is 11.3. The number of hydrogen-bond donors (Lipinski definition) is 2. The first kappa shape index (κ1) is 27.3. The van der Waals surface area contributed by atoms with Gasteiger partial charge in [0, 0.05) is 24.5 Å². The van der Waals surface area contributed by atoms with Crippen LogP contribution in [0.1, 0.15) is 48.2 Å². The topological polar surface area (TPSA) is 101 Å². The van der Waals surface area contributed by atoms with Gasteiger partial charge in [0.1, 0.15) is 0 Å². The first-order valence-corrected chi connectivity index (χ1v) is 13.1. The Kier molecular flexibility index (Phi) is 8.42. The second-order valence-corrected chi connectivity index (χ2v) is 10.3. The number of pyridine rings is 1. The molecule has 0 radical (unpaired) electrons. The van der Waals surface area contributed by atoms with Crippen LogP contribution in [-0.4, -0.2) is 34.8 Å². The summed E-state index contributed by atoms with van der Waals surface area (Å²) in [6.07, 6.45) is -0.430. The molecule has 1 aliphatic rings. The predicted molar refractivity (Wildman–Crippen MR) is 140 cm³/mol. The van der Waals surface area contributed by atoms with Gasteiger partial charge < -0.3 is 5.32 Å². The number of allylic oxidation sites excluding steroid dienone is 1. The van der Waals surface area contributed by atoms with Gasteiger partial charge in [0.2, 0.25) is 0 Å². The Morgan fingerprint density at radius 3 is 2.42 bits per heavy atom. The van der Waals surface area contributed by atoms with Crippen molar-refractivity contribution in [3.05, 3.63) is 98.4 Å². The Morgan fingerprint density at radius 2 is 1.76 bits per heavy atom. The zero-order valence-corrected chi connectivity index (χ0v) is 21.5. The Bertz CT molecular complexity index is 1400. The number of alkyl halides is 3. The fourth-order valence-electron chi connectivity index (χ4n) is 3.52. The smallest absolute Gasteiger partial charge is 0.351 e. The summed E-state index contributed by atoms with van der Waals surface area (Å²) in [5, 5.41) is 7.70. The highest BCUT2D eigenvalue weighted by molar-refractivity contribution is 8.03. The van der Waals surface area contributed by atoms with Crippen LogP contribution in [0.4, 0.5) is 13.2 Å². The third kappa shape index (κ3) is 6.56. The molecule has 3 heterocycles. The lowest BCUT2D eigenvalue weighted by Crippen LogP contribution is -2.24. The number of nitrogens with one attached hydrogen (secondary N) is 2. The van der Waals surface area contributed by atoms with E-state index in [9.17, 15) is 27.6 Å². The van der Waals surface area contributed by atoms with E-state index >= 15 is 0 Å². The molecule has 1 aromatic carbocycles. The molecule has 0 bridgehead atoms. The molecule has 12 heteroatoms. The number of aromatic nitrogens is 1. The Balaban J connectivity index is 1.30. The van der Waals surface area contributed by atoms with Gasteiger partial charge in [0.15, 0.2) is 5.78 Å². The van der Waals surface area contributed by atoms with Gasteiger partial charge >= 0.3 is 6.18 Å². The molecule has 0 saturated carbocycles. The number of Topliss-reactive ketones (excluding diaryl/α,β-unsaturated/α-hetero) is 1. The first-order chi connectivity index (χ1) is 18.1. The molecule has 1 aliphatic heterocycles. The van der Waals surface area contributed by atoms with Gasteiger partial charge in [0.05, 0.1) is 26.3 Å². The number of ketones is 1. The Morgan fingerprint density at radius 1 is 1.05 bits per heavy atom. The molecule has 2 amide bonds.